The summed E-state index contributed by atoms with van der Waals surface area (Å²) in [6.45, 7) is 7.43. The van der Waals surface area contributed by atoms with Gasteiger partial charge in [-0.05, 0) is 35.8 Å². The fourth-order valence-corrected chi connectivity index (χ4v) is 2.83. The first-order chi connectivity index (χ1) is 9.47. The van der Waals surface area contributed by atoms with Gasteiger partial charge in [0.2, 0.25) is 5.91 Å². The summed E-state index contributed by atoms with van der Waals surface area (Å²) in [5.74, 6) is 0.534. The summed E-state index contributed by atoms with van der Waals surface area (Å²) in [4.78, 5) is 11.9. The highest BCUT2D eigenvalue weighted by Gasteiger charge is 2.21. The molecule has 1 amide bonds. The van der Waals surface area contributed by atoms with Gasteiger partial charge in [0.05, 0.1) is 0 Å². The summed E-state index contributed by atoms with van der Waals surface area (Å²) >= 11 is 0. The number of hydrogen-bond donors (Lipinski definition) is 1. The minimum Gasteiger partial charge on any atom is -0.356 e. The van der Waals surface area contributed by atoms with Crippen LogP contribution in [-0.2, 0) is 16.6 Å². The number of amides is 1. The third kappa shape index (κ3) is 4.09. The molecule has 1 aromatic rings. The van der Waals surface area contributed by atoms with Gasteiger partial charge < -0.3 is 5.32 Å². The topological polar surface area (TPSA) is 29.1 Å². The van der Waals surface area contributed by atoms with Gasteiger partial charge in [-0.3, -0.25) is 4.79 Å². The van der Waals surface area contributed by atoms with E-state index >= 15 is 0 Å². The van der Waals surface area contributed by atoms with E-state index < -0.39 is 0 Å². The molecule has 0 aliphatic heterocycles. The molecule has 1 aliphatic carbocycles. The van der Waals surface area contributed by atoms with E-state index in [4.69, 9.17) is 0 Å². The van der Waals surface area contributed by atoms with Gasteiger partial charge in [-0.1, -0.05) is 57.9 Å². The van der Waals surface area contributed by atoms with Gasteiger partial charge in [0.15, 0.2) is 0 Å². The average molecular weight is 273 g/mol. The molecule has 0 spiro atoms. The fraction of sp³-hybridized carbons (Fsp3) is 0.611. The van der Waals surface area contributed by atoms with Gasteiger partial charge in [-0.15, -0.1) is 0 Å². The van der Waals surface area contributed by atoms with Gasteiger partial charge in [0, 0.05) is 12.5 Å². The largest absolute Gasteiger partial charge is 0.356 e. The molecule has 1 aliphatic rings. The zero-order chi connectivity index (χ0) is 14.6. The zero-order valence-corrected chi connectivity index (χ0v) is 13.0. The van der Waals surface area contributed by atoms with Crippen LogP contribution in [0.25, 0.3) is 0 Å². The molecule has 20 heavy (non-hydrogen) atoms. The molecule has 1 aromatic carbocycles. The molecule has 0 atom stereocenters. The van der Waals surface area contributed by atoms with Crippen molar-refractivity contribution in [2.45, 2.75) is 58.3 Å². The van der Waals surface area contributed by atoms with Crippen molar-refractivity contribution < 1.29 is 4.79 Å². The molecule has 2 rings (SSSR count). The van der Waals surface area contributed by atoms with E-state index in [9.17, 15) is 4.79 Å². The van der Waals surface area contributed by atoms with Crippen LogP contribution in [0.2, 0.25) is 0 Å². The summed E-state index contributed by atoms with van der Waals surface area (Å²) in [6.07, 6.45) is 5.50. The van der Waals surface area contributed by atoms with Crippen molar-refractivity contribution in [3.8, 4) is 0 Å². The van der Waals surface area contributed by atoms with Crippen LogP contribution in [0, 0.1) is 5.92 Å². The molecule has 110 valence electrons. The molecule has 0 heterocycles. The van der Waals surface area contributed by atoms with E-state index in [2.05, 4.69) is 50.4 Å². The maximum atomic E-state index is 11.9. The minimum absolute atomic E-state index is 0.204. The lowest BCUT2D eigenvalue weighted by Crippen LogP contribution is -2.30. The summed E-state index contributed by atoms with van der Waals surface area (Å²) in [7, 11) is 0. The van der Waals surface area contributed by atoms with E-state index in [0.717, 1.165) is 25.8 Å². The Bertz CT molecular complexity index is 435. The third-order valence-electron chi connectivity index (χ3n) is 4.26. The monoisotopic (exact) mass is 273 g/mol. The Kier molecular flexibility index (Phi) is 4.85. The molecule has 1 N–H and O–H groups in total. The second-order valence-corrected chi connectivity index (χ2v) is 6.97. The van der Waals surface area contributed by atoms with Crippen LogP contribution in [0.3, 0.4) is 0 Å². The standard InChI is InChI=1S/C18H27NO/c1-18(2,3)16-10-8-14(9-11-16)12-13-19-17(20)15-6-4-5-7-15/h8-11,15H,4-7,12-13H2,1-3H3,(H,19,20). The smallest absolute Gasteiger partial charge is 0.223 e. The molecular formula is C18H27NO. The first kappa shape index (κ1) is 15.1. The third-order valence-corrected chi connectivity index (χ3v) is 4.26. The number of carbonyl (C=O) groups is 1. The van der Waals surface area contributed by atoms with Crippen molar-refractivity contribution in [1.29, 1.82) is 0 Å². The van der Waals surface area contributed by atoms with E-state index in [1.165, 1.54) is 24.0 Å². The molecule has 0 unspecified atom stereocenters. The van der Waals surface area contributed by atoms with Gasteiger partial charge in [-0.25, -0.2) is 0 Å². The first-order valence-electron chi connectivity index (χ1n) is 7.84. The van der Waals surface area contributed by atoms with Crippen molar-refractivity contribution in [3.63, 3.8) is 0 Å². The van der Waals surface area contributed by atoms with E-state index in [1.54, 1.807) is 0 Å². The highest BCUT2D eigenvalue weighted by atomic mass is 16.1. The Hall–Kier alpha value is -1.31. The van der Waals surface area contributed by atoms with Gasteiger partial charge in [0.1, 0.15) is 0 Å². The van der Waals surface area contributed by atoms with Crippen LogP contribution in [-0.4, -0.2) is 12.5 Å². The Morgan fingerprint density at radius 3 is 2.30 bits per heavy atom. The van der Waals surface area contributed by atoms with Gasteiger partial charge in [-0.2, -0.15) is 0 Å². The van der Waals surface area contributed by atoms with Crippen LogP contribution >= 0.6 is 0 Å². The van der Waals surface area contributed by atoms with Crippen LogP contribution in [0.5, 0.6) is 0 Å². The highest BCUT2D eigenvalue weighted by molar-refractivity contribution is 5.78. The second-order valence-electron chi connectivity index (χ2n) is 6.97. The zero-order valence-electron chi connectivity index (χ0n) is 13.0. The Labute approximate surface area is 123 Å². The molecule has 0 saturated heterocycles. The minimum atomic E-state index is 0.204. The summed E-state index contributed by atoms with van der Waals surface area (Å²) < 4.78 is 0. The number of rotatable bonds is 4. The Morgan fingerprint density at radius 2 is 1.75 bits per heavy atom. The molecule has 1 saturated carbocycles. The van der Waals surface area contributed by atoms with Crippen molar-refractivity contribution >= 4 is 5.91 Å². The highest BCUT2D eigenvalue weighted by Crippen LogP contribution is 2.24. The summed E-state index contributed by atoms with van der Waals surface area (Å²) in [5.41, 5.74) is 2.86. The average Bonchev–Trinajstić information content (AvgIpc) is 2.92. The predicted molar refractivity (Wildman–Crippen MR) is 83.8 cm³/mol. The van der Waals surface area contributed by atoms with Crippen LogP contribution < -0.4 is 5.32 Å². The van der Waals surface area contributed by atoms with Crippen molar-refractivity contribution in [2.24, 2.45) is 5.92 Å². The van der Waals surface area contributed by atoms with Crippen LogP contribution in [0.4, 0.5) is 0 Å². The number of carbonyl (C=O) groups excluding carboxylic acids is 1. The Morgan fingerprint density at radius 1 is 1.15 bits per heavy atom. The van der Waals surface area contributed by atoms with Crippen LogP contribution in [0.1, 0.15) is 57.6 Å². The molecule has 0 aromatic heterocycles. The normalized spacial score (nSPS) is 16.4. The molecule has 0 bridgehead atoms. The quantitative estimate of drug-likeness (QED) is 0.887. The van der Waals surface area contributed by atoms with E-state index in [-0.39, 0.29) is 17.2 Å². The number of hydrogen-bond acceptors (Lipinski definition) is 1. The van der Waals surface area contributed by atoms with Crippen molar-refractivity contribution in [2.75, 3.05) is 6.54 Å². The van der Waals surface area contributed by atoms with Gasteiger partial charge >= 0.3 is 0 Å². The maximum Gasteiger partial charge on any atom is 0.223 e. The van der Waals surface area contributed by atoms with Gasteiger partial charge in [0.25, 0.3) is 0 Å². The van der Waals surface area contributed by atoms with E-state index in [1.807, 2.05) is 0 Å². The van der Waals surface area contributed by atoms with Crippen molar-refractivity contribution in [3.05, 3.63) is 35.4 Å². The van der Waals surface area contributed by atoms with Crippen molar-refractivity contribution in [1.82, 2.24) is 5.32 Å². The predicted octanol–water partition coefficient (Wildman–Crippen LogP) is 3.83. The van der Waals surface area contributed by atoms with E-state index in [0.29, 0.717) is 0 Å². The lowest BCUT2D eigenvalue weighted by Gasteiger charge is -2.19. The second kappa shape index (κ2) is 6.43. The summed E-state index contributed by atoms with van der Waals surface area (Å²) in [5, 5.41) is 3.08. The molecule has 2 heteroatoms. The number of benzene rings is 1. The Balaban J connectivity index is 1.78. The van der Waals surface area contributed by atoms with Crippen LogP contribution in [0.15, 0.2) is 24.3 Å². The lowest BCUT2D eigenvalue weighted by atomic mass is 9.86. The lowest BCUT2D eigenvalue weighted by molar-refractivity contribution is -0.124. The molecular weight excluding hydrogens is 246 g/mol. The molecule has 1 fully saturated rings. The first-order valence-corrected chi connectivity index (χ1v) is 7.84. The fourth-order valence-electron chi connectivity index (χ4n) is 2.83. The number of nitrogens with one attached hydrogen (secondary N) is 1. The SMILES string of the molecule is CC(C)(C)c1ccc(CCNC(=O)C2CCCC2)cc1. The summed E-state index contributed by atoms with van der Waals surface area (Å²) in [6, 6.07) is 8.77. The molecule has 0 radical (unpaired) electrons. The molecule has 2 nitrogen and oxygen atoms in total. The maximum absolute atomic E-state index is 11.9.